The SMILES string of the molecule is CCCn1cccc1CNC1CC1c1ccccc1. The number of hydrogen-bond acceptors (Lipinski definition) is 1. The minimum absolute atomic E-state index is 0.660. The molecule has 0 spiro atoms. The molecule has 2 nitrogen and oxygen atoms in total. The highest BCUT2D eigenvalue weighted by atomic mass is 15.0. The van der Waals surface area contributed by atoms with E-state index < -0.39 is 0 Å². The minimum atomic E-state index is 0.660. The van der Waals surface area contributed by atoms with Crippen molar-refractivity contribution in [1.29, 1.82) is 0 Å². The first kappa shape index (κ1) is 12.5. The summed E-state index contributed by atoms with van der Waals surface area (Å²) in [6, 6.07) is 15.9. The molecule has 2 unspecified atom stereocenters. The van der Waals surface area contributed by atoms with Gasteiger partial charge in [-0.1, -0.05) is 37.3 Å². The molecule has 0 saturated heterocycles. The van der Waals surface area contributed by atoms with Crippen LogP contribution < -0.4 is 5.32 Å². The lowest BCUT2D eigenvalue weighted by atomic mass is 10.1. The summed E-state index contributed by atoms with van der Waals surface area (Å²) in [5, 5.41) is 3.69. The summed E-state index contributed by atoms with van der Waals surface area (Å²) in [6.45, 7) is 4.33. The molecule has 100 valence electrons. The van der Waals surface area contributed by atoms with E-state index in [1.165, 1.54) is 24.1 Å². The summed E-state index contributed by atoms with van der Waals surface area (Å²) in [6.07, 6.45) is 4.65. The van der Waals surface area contributed by atoms with E-state index in [0.717, 1.165) is 19.0 Å². The highest BCUT2D eigenvalue weighted by molar-refractivity contribution is 5.27. The zero-order valence-corrected chi connectivity index (χ0v) is 11.5. The van der Waals surface area contributed by atoms with Crippen molar-refractivity contribution in [3.63, 3.8) is 0 Å². The zero-order valence-electron chi connectivity index (χ0n) is 11.5. The van der Waals surface area contributed by atoms with Gasteiger partial charge in [0.1, 0.15) is 0 Å². The Morgan fingerprint density at radius 1 is 1.16 bits per heavy atom. The minimum Gasteiger partial charge on any atom is -0.350 e. The predicted molar refractivity (Wildman–Crippen MR) is 79.2 cm³/mol. The molecule has 0 bridgehead atoms. The maximum absolute atomic E-state index is 3.69. The molecule has 1 aliphatic carbocycles. The number of nitrogens with one attached hydrogen (secondary N) is 1. The molecule has 1 N–H and O–H groups in total. The van der Waals surface area contributed by atoms with Gasteiger partial charge >= 0.3 is 0 Å². The van der Waals surface area contributed by atoms with Crippen LogP contribution in [0.25, 0.3) is 0 Å². The molecule has 1 aromatic heterocycles. The van der Waals surface area contributed by atoms with E-state index in [1.54, 1.807) is 0 Å². The topological polar surface area (TPSA) is 17.0 Å². The standard InChI is InChI=1S/C17H22N2/c1-2-10-19-11-6-9-15(19)13-18-17-12-16(17)14-7-4-3-5-8-14/h3-9,11,16-18H,2,10,12-13H2,1H3. The highest BCUT2D eigenvalue weighted by Crippen LogP contribution is 2.40. The lowest BCUT2D eigenvalue weighted by Gasteiger charge is -2.09. The summed E-state index contributed by atoms with van der Waals surface area (Å²) in [7, 11) is 0. The van der Waals surface area contributed by atoms with Gasteiger partial charge in [-0.3, -0.25) is 0 Å². The Hall–Kier alpha value is -1.54. The monoisotopic (exact) mass is 254 g/mol. The normalized spacial score (nSPS) is 21.5. The smallest absolute Gasteiger partial charge is 0.0361 e. The van der Waals surface area contributed by atoms with Crippen molar-refractivity contribution >= 4 is 0 Å². The van der Waals surface area contributed by atoms with Gasteiger partial charge in [-0.15, -0.1) is 0 Å². The fourth-order valence-electron chi connectivity index (χ4n) is 2.79. The van der Waals surface area contributed by atoms with Crippen molar-refractivity contribution in [2.75, 3.05) is 0 Å². The second-order valence-corrected chi connectivity index (χ2v) is 5.43. The van der Waals surface area contributed by atoms with Crippen LogP contribution in [-0.4, -0.2) is 10.6 Å². The molecule has 2 atom stereocenters. The van der Waals surface area contributed by atoms with E-state index in [1.807, 2.05) is 0 Å². The molecule has 2 heteroatoms. The molecule has 1 heterocycles. The Labute approximate surface area is 115 Å². The fraction of sp³-hybridized carbons (Fsp3) is 0.412. The second kappa shape index (κ2) is 5.62. The Balaban J connectivity index is 1.53. The molecule has 0 amide bonds. The van der Waals surface area contributed by atoms with Gasteiger partial charge in [-0.05, 0) is 30.5 Å². The van der Waals surface area contributed by atoms with Crippen LogP contribution in [0.15, 0.2) is 48.7 Å². The molecule has 2 aromatic rings. The van der Waals surface area contributed by atoms with Crippen molar-refractivity contribution < 1.29 is 0 Å². The summed E-state index contributed by atoms with van der Waals surface area (Å²) in [5.74, 6) is 0.718. The van der Waals surface area contributed by atoms with E-state index in [2.05, 4.69) is 65.5 Å². The van der Waals surface area contributed by atoms with Crippen LogP contribution in [0, 0.1) is 0 Å². The van der Waals surface area contributed by atoms with E-state index in [4.69, 9.17) is 0 Å². The molecule has 1 saturated carbocycles. The number of aromatic nitrogens is 1. The number of nitrogens with zero attached hydrogens (tertiary/aromatic N) is 1. The van der Waals surface area contributed by atoms with Gasteiger partial charge < -0.3 is 9.88 Å². The molecule has 1 aliphatic rings. The van der Waals surface area contributed by atoms with E-state index in [0.29, 0.717) is 6.04 Å². The average Bonchev–Trinajstić information content (AvgIpc) is 3.10. The molecule has 3 rings (SSSR count). The van der Waals surface area contributed by atoms with Gasteiger partial charge in [0.25, 0.3) is 0 Å². The quantitative estimate of drug-likeness (QED) is 0.834. The van der Waals surface area contributed by atoms with Crippen LogP contribution in [0.1, 0.15) is 36.9 Å². The molecule has 1 aromatic carbocycles. The van der Waals surface area contributed by atoms with Crippen molar-refractivity contribution in [3.05, 3.63) is 59.9 Å². The third kappa shape index (κ3) is 2.90. The number of rotatable bonds is 6. The Bertz CT molecular complexity index is 515. The van der Waals surface area contributed by atoms with Gasteiger partial charge in [0.05, 0.1) is 0 Å². The molecule has 0 aliphatic heterocycles. The van der Waals surface area contributed by atoms with E-state index in [9.17, 15) is 0 Å². The average molecular weight is 254 g/mol. The summed E-state index contributed by atoms with van der Waals surface area (Å²) in [5.41, 5.74) is 2.88. The maximum atomic E-state index is 3.69. The van der Waals surface area contributed by atoms with Gasteiger partial charge in [0.2, 0.25) is 0 Å². The number of benzene rings is 1. The van der Waals surface area contributed by atoms with Crippen molar-refractivity contribution in [2.45, 2.75) is 44.8 Å². The van der Waals surface area contributed by atoms with Crippen molar-refractivity contribution in [2.24, 2.45) is 0 Å². The van der Waals surface area contributed by atoms with Crippen LogP contribution >= 0.6 is 0 Å². The first-order chi connectivity index (χ1) is 9.38. The summed E-state index contributed by atoms with van der Waals surface area (Å²) < 4.78 is 2.35. The molecule has 1 fully saturated rings. The van der Waals surface area contributed by atoms with Crippen LogP contribution in [-0.2, 0) is 13.1 Å². The summed E-state index contributed by atoms with van der Waals surface area (Å²) in [4.78, 5) is 0. The van der Waals surface area contributed by atoms with Crippen LogP contribution in [0.5, 0.6) is 0 Å². The van der Waals surface area contributed by atoms with E-state index >= 15 is 0 Å². The lowest BCUT2D eigenvalue weighted by Crippen LogP contribution is -2.19. The number of hydrogen-bond donors (Lipinski definition) is 1. The molecular weight excluding hydrogens is 232 g/mol. The van der Waals surface area contributed by atoms with Crippen LogP contribution in [0.3, 0.4) is 0 Å². The van der Waals surface area contributed by atoms with Gasteiger partial charge in [0, 0.05) is 36.9 Å². The molecule has 19 heavy (non-hydrogen) atoms. The third-order valence-electron chi connectivity index (χ3n) is 3.95. The molecular formula is C17H22N2. The van der Waals surface area contributed by atoms with E-state index in [-0.39, 0.29) is 0 Å². The first-order valence-electron chi connectivity index (χ1n) is 7.31. The van der Waals surface area contributed by atoms with Gasteiger partial charge in [-0.25, -0.2) is 0 Å². The van der Waals surface area contributed by atoms with Gasteiger partial charge in [0.15, 0.2) is 0 Å². The van der Waals surface area contributed by atoms with Crippen LogP contribution in [0.4, 0.5) is 0 Å². The van der Waals surface area contributed by atoms with Crippen molar-refractivity contribution in [1.82, 2.24) is 9.88 Å². The predicted octanol–water partition coefficient (Wildman–Crippen LogP) is 3.54. The maximum Gasteiger partial charge on any atom is 0.0361 e. The number of aryl methyl sites for hydroxylation is 1. The van der Waals surface area contributed by atoms with Crippen LogP contribution in [0.2, 0.25) is 0 Å². The Morgan fingerprint density at radius 2 is 2.00 bits per heavy atom. The Morgan fingerprint density at radius 3 is 2.79 bits per heavy atom. The van der Waals surface area contributed by atoms with Gasteiger partial charge in [-0.2, -0.15) is 0 Å². The fourth-order valence-corrected chi connectivity index (χ4v) is 2.79. The first-order valence-corrected chi connectivity index (χ1v) is 7.31. The summed E-state index contributed by atoms with van der Waals surface area (Å²) >= 11 is 0. The molecule has 0 radical (unpaired) electrons. The largest absolute Gasteiger partial charge is 0.350 e. The highest BCUT2D eigenvalue weighted by Gasteiger charge is 2.37. The lowest BCUT2D eigenvalue weighted by molar-refractivity contribution is 0.595. The van der Waals surface area contributed by atoms with Crippen molar-refractivity contribution in [3.8, 4) is 0 Å². The zero-order chi connectivity index (χ0) is 13.1. The Kier molecular flexibility index (Phi) is 3.69. The second-order valence-electron chi connectivity index (χ2n) is 5.43. The third-order valence-corrected chi connectivity index (χ3v) is 3.95.